The van der Waals surface area contributed by atoms with Crippen LogP contribution < -0.4 is 10.1 Å². The van der Waals surface area contributed by atoms with Crippen LogP contribution in [0.5, 0.6) is 5.88 Å². The number of aromatic nitrogens is 1. The van der Waals surface area contributed by atoms with Gasteiger partial charge < -0.3 is 15.2 Å². The van der Waals surface area contributed by atoms with Crippen LogP contribution in [0.4, 0.5) is 0 Å². The number of carbonyl (C=O) groups excluding carboxylic acids is 1. The molecule has 0 fully saturated rings. The molecule has 6 nitrogen and oxygen atoms in total. The van der Waals surface area contributed by atoms with E-state index in [2.05, 4.69) is 9.69 Å². The molecule has 0 bridgehead atoms. The van der Waals surface area contributed by atoms with Crippen molar-refractivity contribution in [2.24, 2.45) is 11.8 Å². The molecule has 7 heteroatoms. The number of methoxy groups -OCH3 is 1. The highest BCUT2D eigenvalue weighted by Gasteiger charge is 2.20. The van der Waals surface area contributed by atoms with E-state index >= 15 is 0 Å². The molecule has 0 aliphatic rings. The standard InChI is InChI=1S/C12H18N2O4S/c1-7(2)4-8(12(16)17)6-13-11(15)9-5-10(18-3)14-19-9/h5,7-8H,4,6H2,1-3H3,(H,13,15)(H,16,17)/t8-/m0/s1. The van der Waals surface area contributed by atoms with E-state index in [0.717, 1.165) is 11.5 Å². The van der Waals surface area contributed by atoms with Crippen molar-refractivity contribution in [2.45, 2.75) is 20.3 Å². The minimum Gasteiger partial charge on any atom is -0.481 e. The van der Waals surface area contributed by atoms with Gasteiger partial charge in [-0.15, -0.1) is 0 Å². The normalized spacial score (nSPS) is 12.2. The van der Waals surface area contributed by atoms with Crippen LogP contribution in [0.25, 0.3) is 0 Å². The number of aliphatic carboxylic acids is 1. The lowest BCUT2D eigenvalue weighted by molar-refractivity contribution is -0.142. The third kappa shape index (κ3) is 4.86. The minimum absolute atomic E-state index is 0.118. The van der Waals surface area contributed by atoms with Gasteiger partial charge in [-0.1, -0.05) is 13.8 Å². The molecule has 0 aliphatic carbocycles. The number of hydrogen-bond donors (Lipinski definition) is 2. The fourth-order valence-corrected chi connectivity index (χ4v) is 2.23. The van der Waals surface area contributed by atoms with Gasteiger partial charge in [0.15, 0.2) is 0 Å². The van der Waals surface area contributed by atoms with Crippen molar-refractivity contribution < 1.29 is 19.4 Å². The maximum absolute atomic E-state index is 11.8. The topological polar surface area (TPSA) is 88.5 Å². The van der Waals surface area contributed by atoms with Gasteiger partial charge in [-0.25, -0.2) is 0 Å². The molecule has 1 aromatic rings. The predicted molar refractivity (Wildman–Crippen MR) is 71.6 cm³/mol. The molecule has 1 rings (SSSR count). The summed E-state index contributed by atoms with van der Waals surface area (Å²) in [5, 5.41) is 11.7. The first kappa shape index (κ1) is 15.4. The Hall–Kier alpha value is -1.63. The smallest absolute Gasteiger partial charge is 0.308 e. The van der Waals surface area contributed by atoms with Crippen molar-refractivity contribution in [2.75, 3.05) is 13.7 Å². The lowest BCUT2D eigenvalue weighted by Crippen LogP contribution is -2.33. The highest BCUT2D eigenvalue weighted by molar-refractivity contribution is 7.08. The zero-order chi connectivity index (χ0) is 14.4. The molecule has 106 valence electrons. The molecular formula is C12H18N2O4S. The molecule has 2 N–H and O–H groups in total. The monoisotopic (exact) mass is 286 g/mol. The molecular weight excluding hydrogens is 268 g/mol. The molecule has 1 amide bonds. The number of carboxylic acids is 1. The number of rotatable bonds is 7. The molecule has 0 aliphatic heterocycles. The van der Waals surface area contributed by atoms with Crippen molar-refractivity contribution in [1.82, 2.24) is 9.69 Å². The fraction of sp³-hybridized carbons (Fsp3) is 0.583. The Morgan fingerprint density at radius 1 is 1.53 bits per heavy atom. The summed E-state index contributed by atoms with van der Waals surface area (Å²) < 4.78 is 8.80. The largest absolute Gasteiger partial charge is 0.481 e. The molecule has 0 saturated heterocycles. The highest BCUT2D eigenvalue weighted by atomic mass is 32.1. The molecule has 19 heavy (non-hydrogen) atoms. The lowest BCUT2D eigenvalue weighted by atomic mass is 9.97. The van der Waals surface area contributed by atoms with Crippen molar-refractivity contribution >= 4 is 23.4 Å². The first-order chi connectivity index (χ1) is 8.93. The van der Waals surface area contributed by atoms with Gasteiger partial charge in [0.05, 0.1) is 13.0 Å². The van der Waals surface area contributed by atoms with Crippen LogP contribution in [0.1, 0.15) is 29.9 Å². The summed E-state index contributed by atoms with van der Waals surface area (Å²) >= 11 is 1.02. The summed E-state index contributed by atoms with van der Waals surface area (Å²) in [5.74, 6) is -1.14. The van der Waals surface area contributed by atoms with Crippen LogP contribution in [0.2, 0.25) is 0 Å². The van der Waals surface area contributed by atoms with Gasteiger partial charge in [-0.05, 0) is 23.9 Å². The van der Waals surface area contributed by atoms with Crippen LogP contribution in [-0.4, -0.2) is 35.0 Å². The SMILES string of the molecule is COc1cc(C(=O)NC[C@H](CC(C)C)C(=O)O)sn1. The van der Waals surface area contributed by atoms with E-state index in [-0.39, 0.29) is 18.4 Å². The van der Waals surface area contributed by atoms with Crippen LogP contribution in [0.15, 0.2) is 6.07 Å². The van der Waals surface area contributed by atoms with Gasteiger partial charge in [0.25, 0.3) is 5.91 Å². The molecule has 1 heterocycles. The Morgan fingerprint density at radius 2 is 2.21 bits per heavy atom. The second-order valence-electron chi connectivity index (χ2n) is 4.61. The zero-order valence-electron chi connectivity index (χ0n) is 11.2. The number of nitrogens with zero attached hydrogens (tertiary/aromatic N) is 1. The lowest BCUT2D eigenvalue weighted by Gasteiger charge is -2.14. The number of nitrogens with one attached hydrogen (secondary N) is 1. The number of carbonyl (C=O) groups is 2. The van der Waals surface area contributed by atoms with Crippen LogP contribution in [0, 0.1) is 11.8 Å². The first-order valence-corrected chi connectivity index (χ1v) is 6.73. The van der Waals surface area contributed by atoms with Gasteiger partial charge in [0.2, 0.25) is 5.88 Å². The summed E-state index contributed by atoms with van der Waals surface area (Å²) in [4.78, 5) is 23.3. The van der Waals surface area contributed by atoms with E-state index in [1.807, 2.05) is 13.8 Å². The molecule has 1 aromatic heterocycles. The summed E-state index contributed by atoms with van der Waals surface area (Å²) in [6.07, 6.45) is 0.529. The predicted octanol–water partition coefficient (Wildman–Crippen LogP) is 1.63. The third-order valence-corrected chi connectivity index (χ3v) is 3.31. The molecule has 0 radical (unpaired) electrons. The molecule has 0 spiro atoms. The number of hydrogen-bond acceptors (Lipinski definition) is 5. The van der Waals surface area contributed by atoms with Gasteiger partial charge >= 0.3 is 5.97 Å². The minimum atomic E-state index is -0.893. The second-order valence-corrected chi connectivity index (χ2v) is 5.41. The maximum Gasteiger partial charge on any atom is 0.308 e. The Labute approximate surface area is 115 Å². The summed E-state index contributed by atoms with van der Waals surface area (Å²) in [7, 11) is 1.47. The Bertz CT molecular complexity index is 445. The summed E-state index contributed by atoms with van der Waals surface area (Å²) in [6.45, 7) is 4.02. The second kappa shape index (κ2) is 7.08. The van der Waals surface area contributed by atoms with Crippen LogP contribution in [0.3, 0.4) is 0 Å². The highest BCUT2D eigenvalue weighted by Crippen LogP contribution is 2.16. The zero-order valence-corrected chi connectivity index (χ0v) is 12.0. The molecule has 0 unspecified atom stereocenters. The van der Waals surface area contributed by atoms with E-state index in [9.17, 15) is 9.59 Å². The van der Waals surface area contributed by atoms with Crippen molar-refractivity contribution in [3.05, 3.63) is 10.9 Å². The summed E-state index contributed by atoms with van der Waals surface area (Å²) in [6, 6.07) is 1.53. The number of amides is 1. The average Bonchev–Trinajstić information content (AvgIpc) is 2.82. The van der Waals surface area contributed by atoms with Crippen LogP contribution in [-0.2, 0) is 4.79 Å². The quantitative estimate of drug-likeness (QED) is 0.795. The Balaban J connectivity index is 2.54. The number of carboxylic acid groups (broad SMARTS) is 1. The Morgan fingerprint density at radius 3 is 2.68 bits per heavy atom. The van der Waals surface area contributed by atoms with E-state index in [0.29, 0.717) is 17.2 Å². The van der Waals surface area contributed by atoms with Crippen LogP contribution >= 0.6 is 11.5 Å². The average molecular weight is 286 g/mol. The molecule has 0 aromatic carbocycles. The molecule has 1 atom stereocenters. The number of ether oxygens (including phenoxy) is 1. The Kier molecular flexibility index (Phi) is 5.75. The van der Waals surface area contributed by atoms with Crippen molar-refractivity contribution in [3.8, 4) is 5.88 Å². The fourth-order valence-electron chi connectivity index (χ4n) is 1.61. The summed E-state index contributed by atoms with van der Waals surface area (Å²) in [5.41, 5.74) is 0. The van der Waals surface area contributed by atoms with E-state index in [1.165, 1.54) is 13.2 Å². The van der Waals surface area contributed by atoms with Gasteiger partial charge in [0, 0.05) is 12.6 Å². The van der Waals surface area contributed by atoms with Gasteiger partial charge in [0.1, 0.15) is 4.88 Å². The van der Waals surface area contributed by atoms with Crippen molar-refractivity contribution in [1.29, 1.82) is 0 Å². The molecule has 0 saturated carbocycles. The van der Waals surface area contributed by atoms with E-state index in [1.54, 1.807) is 0 Å². The van der Waals surface area contributed by atoms with E-state index in [4.69, 9.17) is 9.84 Å². The van der Waals surface area contributed by atoms with E-state index < -0.39 is 11.9 Å². The maximum atomic E-state index is 11.8. The first-order valence-electron chi connectivity index (χ1n) is 5.95. The van der Waals surface area contributed by atoms with Gasteiger partial charge in [-0.3, -0.25) is 9.59 Å². The third-order valence-electron chi connectivity index (χ3n) is 2.54. The van der Waals surface area contributed by atoms with Crippen molar-refractivity contribution in [3.63, 3.8) is 0 Å². The van der Waals surface area contributed by atoms with Gasteiger partial charge in [-0.2, -0.15) is 4.37 Å².